The summed E-state index contributed by atoms with van der Waals surface area (Å²) < 4.78 is 29.5. The summed E-state index contributed by atoms with van der Waals surface area (Å²) in [5, 5.41) is 10.5. The number of hydrogen-bond donors (Lipinski definition) is 1. The Balaban J connectivity index is 1.39. The molecule has 0 spiro atoms. The molecule has 28 heavy (non-hydrogen) atoms. The van der Waals surface area contributed by atoms with Gasteiger partial charge in [-0.25, -0.2) is 4.39 Å². The van der Waals surface area contributed by atoms with Crippen molar-refractivity contribution in [2.75, 3.05) is 18.5 Å². The second-order valence-electron chi connectivity index (χ2n) is 5.99. The molecule has 9 heteroatoms. The van der Waals surface area contributed by atoms with Gasteiger partial charge < -0.3 is 19.2 Å². The third kappa shape index (κ3) is 4.09. The lowest BCUT2D eigenvalue weighted by Gasteiger charge is -2.19. The minimum atomic E-state index is -0.477. The van der Waals surface area contributed by atoms with Crippen LogP contribution in [0.2, 0.25) is 0 Å². The molecule has 0 saturated carbocycles. The van der Waals surface area contributed by atoms with E-state index in [1.807, 2.05) is 0 Å². The van der Waals surface area contributed by atoms with Crippen molar-refractivity contribution in [3.8, 4) is 23.0 Å². The van der Waals surface area contributed by atoms with Crippen molar-refractivity contribution in [1.29, 1.82) is 0 Å². The van der Waals surface area contributed by atoms with Crippen LogP contribution in [0.1, 0.15) is 6.92 Å². The number of carbonyl (C=O) groups excluding carboxylic acids is 1. The predicted molar refractivity (Wildman–Crippen MR) is 101 cm³/mol. The van der Waals surface area contributed by atoms with Crippen molar-refractivity contribution in [3.05, 3.63) is 48.3 Å². The van der Waals surface area contributed by atoms with E-state index in [0.717, 1.165) is 11.8 Å². The summed E-state index contributed by atoms with van der Waals surface area (Å²) in [6, 6.07) is 11.0. The summed E-state index contributed by atoms with van der Waals surface area (Å²) in [6.45, 7) is 2.72. The number of nitrogens with one attached hydrogen (secondary N) is 1. The molecule has 144 valence electrons. The van der Waals surface area contributed by atoms with E-state index < -0.39 is 5.25 Å². The van der Waals surface area contributed by atoms with Gasteiger partial charge in [0.1, 0.15) is 19.0 Å². The fourth-order valence-electron chi connectivity index (χ4n) is 2.54. The van der Waals surface area contributed by atoms with Crippen LogP contribution in [0, 0.1) is 5.82 Å². The Kier molecular flexibility index (Phi) is 5.16. The number of ether oxygens (including phenoxy) is 2. The van der Waals surface area contributed by atoms with Crippen LogP contribution >= 0.6 is 11.8 Å². The maximum absolute atomic E-state index is 13.0. The Labute approximate surface area is 164 Å². The molecule has 0 aliphatic carbocycles. The highest BCUT2D eigenvalue weighted by Gasteiger charge is 2.20. The summed E-state index contributed by atoms with van der Waals surface area (Å²) in [7, 11) is 0. The number of amides is 1. The van der Waals surface area contributed by atoms with Gasteiger partial charge in [0.2, 0.25) is 11.8 Å². The maximum Gasteiger partial charge on any atom is 0.277 e. The molecule has 0 radical (unpaired) electrons. The minimum Gasteiger partial charge on any atom is -0.486 e. The second kappa shape index (κ2) is 7.89. The molecule has 0 bridgehead atoms. The van der Waals surface area contributed by atoms with Crippen molar-refractivity contribution in [3.63, 3.8) is 0 Å². The maximum atomic E-state index is 13.0. The van der Waals surface area contributed by atoms with E-state index in [0.29, 0.717) is 36.0 Å². The fraction of sp³-hybridized carbons (Fsp3) is 0.211. The van der Waals surface area contributed by atoms with Crippen molar-refractivity contribution < 1.29 is 23.1 Å². The van der Waals surface area contributed by atoms with Crippen LogP contribution in [-0.2, 0) is 4.79 Å². The van der Waals surface area contributed by atoms with Gasteiger partial charge in [0, 0.05) is 17.3 Å². The van der Waals surface area contributed by atoms with E-state index in [-0.39, 0.29) is 22.8 Å². The van der Waals surface area contributed by atoms with Gasteiger partial charge in [-0.3, -0.25) is 4.79 Å². The molecule has 1 amide bonds. The first-order valence-corrected chi connectivity index (χ1v) is 9.43. The number of halogens is 1. The molecule has 0 unspecified atom stereocenters. The molecule has 2 heterocycles. The van der Waals surface area contributed by atoms with Crippen molar-refractivity contribution in [2.45, 2.75) is 17.4 Å². The summed E-state index contributed by atoms with van der Waals surface area (Å²) in [4.78, 5) is 12.5. The lowest BCUT2D eigenvalue weighted by atomic mass is 10.2. The molecule has 0 fully saturated rings. The number of carbonyl (C=O) groups is 1. The largest absolute Gasteiger partial charge is 0.486 e. The first-order chi connectivity index (χ1) is 13.6. The van der Waals surface area contributed by atoms with Gasteiger partial charge in [-0.15, -0.1) is 10.2 Å². The topological polar surface area (TPSA) is 86.5 Å². The number of benzene rings is 2. The highest BCUT2D eigenvalue weighted by Crippen LogP contribution is 2.33. The molecule has 1 aromatic heterocycles. The number of thioether (sulfide) groups is 1. The van der Waals surface area contributed by atoms with Gasteiger partial charge in [0.05, 0.1) is 5.25 Å². The van der Waals surface area contributed by atoms with Crippen LogP contribution in [-0.4, -0.2) is 34.6 Å². The quantitative estimate of drug-likeness (QED) is 0.651. The SMILES string of the molecule is C[C@H](Sc1nnc(-c2ccc(F)cc2)o1)C(=O)Nc1ccc2c(c1)OCCO2. The van der Waals surface area contributed by atoms with E-state index in [1.165, 1.54) is 12.1 Å². The fourth-order valence-corrected chi connectivity index (χ4v) is 3.22. The molecule has 1 aliphatic rings. The average Bonchev–Trinajstić information content (AvgIpc) is 3.17. The van der Waals surface area contributed by atoms with Crippen LogP contribution in [0.3, 0.4) is 0 Å². The van der Waals surface area contributed by atoms with Crippen molar-refractivity contribution in [1.82, 2.24) is 10.2 Å². The van der Waals surface area contributed by atoms with Gasteiger partial charge in [0.25, 0.3) is 5.22 Å². The summed E-state index contributed by atoms with van der Waals surface area (Å²) in [5.41, 5.74) is 1.22. The smallest absolute Gasteiger partial charge is 0.277 e. The molecule has 1 N–H and O–H groups in total. The van der Waals surface area contributed by atoms with Gasteiger partial charge in [-0.1, -0.05) is 11.8 Å². The highest BCUT2D eigenvalue weighted by molar-refractivity contribution is 8.00. The van der Waals surface area contributed by atoms with Crippen molar-refractivity contribution in [2.24, 2.45) is 0 Å². The van der Waals surface area contributed by atoms with E-state index in [9.17, 15) is 9.18 Å². The Morgan fingerprint density at radius 1 is 1.11 bits per heavy atom. The van der Waals surface area contributed by atoms with Crippen LogP contribution in [0.15, 0.2) is 52.1 Å². The molecule has 4 rings (SSSR count). The number of hydrogen-bond acceptors (Lipinski definition) is 7. The molecule has 0 saturated heterocycles. The van der Waals surface area contributed by atoms with E-state index in [4.69, 9.17) is 13.9 Å². The summed E-state index contributed by atoms with van der Waals surface area (Å²) in [5.74, 6) is 0.962. The van der Waals surface area contributed by atoms with Crippen LogP contribution in [0.25, 0.3) is 11.5 Å². The van der Waals surface area contributed by atoms with E-state index in [2.05, 4.69) is 15.5 Å². The average molecular weight is 401 g/mol. The third-order valence-corrected chi connectivity index (χ3v) is 4.89. The van der Waals surface area contributed by atoms with Crippen molar-refractivity contribution >= 4 is 23.4 Å². The first-order valence-electron chi connectivity index (χ1n) is 8.55. The molecule has 1 aliphatic heterocycles. The molecular formula is C19H16FN3O4S. The summed E-state index contributed by atoms with van der Waals surface area (Å²) >= 11 is 1.14. The molecule has 7 nitrogen and oxygen atoms in total. The zero-order chi connectivity index (χ0) is 19.5. The van der Waals surface area contributed by atoms with Gasteiger partial charge >= 0.3 is 0 Å². The van der Waals surface area contributed by atoms with Crippen LogP contribution in [0.5, 0.6) is 11.5 Å². The molecule has 2 aromatic carbocycles. The standard InChI is InChI=1S/C19H16FN3O4S/c1-11(17(24)21-14-6-7-15-16(10-14)26-9-8-25-15)28-19-23-22-18(27-19)12-2-4-13(20)5-3-12/h2-7,10-11H,8-9H2,1H3,(H,21,24)/t11-/m0/s1. The normalized spacial score (nSPS) is 13.8. The second-order valence-corrected chi connectivity index (χ2v) is 7.28. The number of aromatic nitrogens is 2. The Bertz CT molecular complexity index is 993. The third-order valence-electron chi connectivity index (χ3n) is 3.95. The Morgan fingerprint density at radius 3 is 2.64 bits per heavy atom. The Hall–Kier alpha value is -3.07. The lowest BCUT2D eigenvalue weighted by Crippen LogP contribution is -2.22. The molecule has 1 atom stereocenters. The molecular weight excluding hydrogens is 385 g/mol. The van der Waals surface area contributed by atoms with Gasteiger partial charge in [0.15, 0.2) is 11.5 Å². The van der Waals surface area contributed by atoms with E-state index in [1.54, 1.807) is 37.3 Å². The van der Waals surface area contributed by atoms with Gasteiger partial charge in [-0.2, -0.15) is 0 Å². The predicted octanol–water partition coefficient (Wildman–Crippen LogP) is 3.77. The van der Waals surface area contributed by atoms with Gasteiger partial charge in [-0.05, 0) is 43.3 Å². The Morgan fingerprint density at radius 2 is 1.86 bits per heavy atom. The molecule has 3 aromatic rings. The first kappa shape index (κ1) is 18.3. The zero-order valence-electron chi connectivity index (χ0n) is 14.8. The number of nitrogens with zero attached hydrogens (tertiary/aromatic N) is 2. The van der Waals surface area contributed by atoms with E-state index >= 15 is 0 Å². The monoisotopic (exact) mass is 401 g/mol. The number of fused-ring (bicyclic) bond motifs is 1. The lowest BCUT2D eigenvalue weighted by molar-refractivity contribution is -0.115. The minimum absolute atomic E-state index is 0.219. The number of anilines is 1. The van der Waals surface area contributed by atoms with Crippen LogP contribution < -0.4 is 14.8 Å². The summed E-state index contributed by atoms with van der Waals surface area (Å²) in [6.07, 6.45) is 0. The number of rotatable bonds is 5. The zero-order valence-corrected chi connectivity index (χ0v) is 15.7. The van der Waals surface area contributed by atoms with Crippen LogP contribution in [0.4, 0.5) is 10.1 Å². The highest BCUT2D eigenvalue weighted by atomic mass is 32.2.